The summed E-state index contributed by atoms with van der Waals surface area (Å²) in [7, 11) is 8.49. The molecule has 4 aromatic carbocycles. The van der Waals surface area contributed by atoms with Crippen molar-refractivity contribution < 1.29 is 62.8 Å². The van der Waals surface area contributed by atoms with Crippen molar-refractivity contribution in [2.24, 2.45) is 0 Å². The van der Waals surface area contributed by atoms with Crippen LogP contribution in [0, 0.1) is 0 Å². The molecule has 4 aromatic rings. The highest BCUT2D eigenvalue weighted by Crippen LogP contribution is 2.55. The van der Waals surface area contributed by atoms with Crippen LogP contribution < -0.4 is 37.9 Å². The Hall–Kier alpha value is -5.98. The molecule has 0 radical (unpaired) electrons. The molecule has 2 aliphatic rings. The Labute approximate surface area is 281 Å². The second kappa shape index (κ2) is 12.9. The zero-order valence-corrected chi connectivity index (χ0v) is 27.5. The van der Waals surface area contributed by atoms with Crippen LogP contribution in [0.4, 0.5) is 0 Å². The normalized spacial score (nSPS) is 16.4. The van der Waals surface area contributed by atoms with Crippen LogP contribution >= 0.6 is 0 Å². The van der Waals surface area contributed by atoms with Crippen LogP contribution in [0.1, 0.15) is 56.9 Å². The molecule has 2 heterocycles. The quantitative estimate of drug-likeness (QED) is 0.191. The Kier molecular flexibility index (Phi) is 8.68. The molecule has 6 rings (SSSR count). The summed E-state index contributed by atoms with van der Waals surface area (Å²) in [5.41, 5.74) is 1.52. The number of methoxy groups -OCH3 is 6. The minimum atomic E-state index is -0.900. The van der Waals surface area contributed by atoms with Crippen molar-refractivity contribution in [2.45, 2.75) is 25.0 Å². The van der Waals surface area contributed by atoms with Gasteiger partial charge in [-0.3, -0.25) is 9.59 Å². The van der Waals surface area contributed by atoms with Crippen LogP contribution in [-0.2, 0) is 0 Å². The van der Waals surface area contributed by atoms with Gasteiger partial charge in [-0.1, -0.05) is 0 Å². The molecule has 0 spiro atoms. The maximum atomic E-state index is 13.7. The fourth-order valence-corrected chi connectivity index (χ4v) is 6.24. The molecule has 0 aromatic heterocycles. The molecule has 256 valence electrons. The minimum Gasteiger partial charge on any atom is -0.507 e. The third-order valence-electron chi connectivity index (χ3n) is 8.58. The summed E-state index contributed by atoms with van der Waals surface area (Å²) in [6.45, 7) is 0. The third-order valence-corrected chi connectivity index (χ3v) is 8.58. The van der Waals surface area contributed by atoms with E-state index in [0.717, 1.165) is 0 Å². The highest BCUT2D eigenvalue weighted by molar-refractivity contribution is 6.06. The lowest BCUT2D eigenvalue weighted by Gasteiger charge is -2.30. The summed E-state index contributed by atoms with van der Waals surface area (Å²) < 4.78 is 45.9. The Balaban J connectivity index is 1.54. The molecule has 3 N–H and O–H groups in total. The molecule has 13 nitrogen and oxygen atoms in total. The van der Waals surface area contributed by atoms with Gasteiger partial charge in [0.25, 0.3) is 0 Å². The summed E-state index contributed by atoms with van der Waals surface area (Å²) in [5, 5.41) is 32.0. The number of hydrogen-bond donors (Lipinski definition) is 3. The Morgan fingerprint density at radius 1 is 0.571 bits per heavy atom. The van der Waals surface area contributed by atoms with E-state index in [4.69, 9.17) is 37.9 Å². The molecular formula is C36H34O13. The van der Waals surface area contributed by atoms with Gasteiger partial charge < -0.3 is 53.2 Å². The summed E-state index contributed by atoms with van der Waals surface area (Å²) in [6.07, 6.45) is -2.01. The van der Waals surface area contributed by atoms with Crippen molar-refractivity contribution in [3.63, 3.8) is 0 Å². The van der Waals surface area contributed by atoms with Crippen molar-refractivity contribution in [1.29, 1.82) is 0 Å². The first-order chi connectivity index (χ1) is 23.6. The Bertz CT molecular complexity index is 1960. The summed E-state index contributed by atoms with van der Waals surface area (Å²) >= 11 is 0. The second-order valence-corrected chi connectivity index (χ2v) is 11.2. The number of carbonyl (C=O) groups excluding carboxylic acids is 2. The topological polar surface area (TPSA) is 169 Å². The molecule has 0 amide bonds. The van der Waals surface area contributed by atoms with Gasteiger partial charge in [0, 0.05) is 29.3 Å². The standard InChI is InChI=1S/C36H34O13/c1-42-18-11-20(37)32-21(38)13-24(48-27(32)12-18)16-7-19(35(47-6)30(10-16)46-5)31-26(43-2)15-23(40)33-22(39)14-25(49-36(31)33)17-8-28(44-3)34(41)29(9-17)45-4/h7-12,15,24-25,37,40-41H,13-14H2,1-6H3/t24-,25-/m1/s1. The number of rotatable bonds is 9. The number of ketones is 2. The van der Waals surface area contributed by atoms with Crippen LogP contribution in [-0.4, -0.2) is 69.5 Å². The number of hydrogen-bond acceptors (Lipinski definition) is 13. The van der Waals surface area contributed by atoms with Crippen LogP contribution in [0.3, 0.4) is 0 Å². The van der Waals surface area contributed by atoms with E-state index in [-0.39, 0.29) is 92.8 Å². The lowest BCUT2D eigenvalue weighted by molar-refractivity contribution is 0.0833. The molecule has 0 saturated heterocycles. The van der Waals surface area contributed by atoms with E-state index < -0.39 is 18.0 Å². The first kappa shape index (κ1) is 32.9. The minimum absolute atomic E-state index is 0.00209. The van der Waals surface area contributed by atoms with Crippen molar-refractivity contribution in [1.82, 2.24) is 0 Å². The second-order valence-electron chi connectivity index (χ2n) is 11.2. The molecule has 13 heteroatoms. The van der Waals surface area contributed by atoms with Crippen molar-refractivity contribution >= 4 is 11.6 Å². The van der Waals surface area contributed by atoms with Gasteiger partial charge in [0.05, 0.1) is 61.1 Å². The molecule has 2 atom stereocenters. The maximum absolute atomic E-state index is 13.7. The van der Waals surface area contributed by atoms with E-state index in [2.05, 4.69) is 0 Å². The predicted molar refractivity (Wildman–Crippen MR) is 174 cm³/mol. The number of Topliss-reactive ketones (excluding diaryl/α,β-unsaturated/α-hetero) is 2. The fourth-order valence-electron chi connectivity index (χ4n) is 6.24. The first-order valence-electron chi connectivity index (χ1n) is 15.0. The number of carbonyl (C=O) groups is 2. The fraction of sp³-hybridized carbons (Fsp3) is 0.278. The number of aromatic hydroxyl groups is 3. The lowest BCUT2D eigenvalue weighted by Crippen LogP contribution is -2.22. The van der Waals surface area contributed by atoms with Crippen LogP contribution in [0.15, 0.2) is 42.5 Å². The maximum Gasteiger partial charge on any atom is 0.200 e. The first-order valence-corrected chi connectivity index (χ1v) is 15.0. The van der Waals surface area contributed by atoms with E-state index >= 15 is 0 Å². The van der Waals surface area contributed by atoms with Gasteiger partial charge in [-0.25, -0.2) is 0 Å². The predicted octanol–water partition coefficient (Wildman–Crippen LogP) is 5.94. The van der Waals surface area contributed by atoms with Crippen molar-refractivity contribution in [3.05, 3.63) is 64.7 Å². The zero-order chi connectivity index (χ0) is 35.1. The molecule has 0 unspecified atom stereocenters. The van der Waals surface area contributed by atoms with E-state index in [1.165, 1.54) is 73.0 Å². The Morgan fingerprint density at radius 2 is 1.12 bits per heavy atom. The number of fused-ring (bicyclic) bond motifs is 2. The smallest absolute Gasteiger partial charge is 0.200 e. The molecule has 0 bridgehead atoms. The number of benzene rings is 4. The van der Waals surface area contributed by atoms with Gasteiger partial charge in [-0.05, 0) is 29.8 Å². The van der Waals surface area contributed by atoms with Crippen LogP contribution in [0.2, 0.25) is 0 Å². The summed E-state index contributed by atoms with van der Waals surface area (Å²) in [4.78, 5) is 27.0. The average Bonchev–Trinajstić information content (AvgIpc) is 3.10. The van der Waals surface area contributed by atoms with Crippen LogP contribution in [0.25, 0.3) is 11.1 Å². The largest absolute Gasteiger partial charge is 0.507 e. The molecule has 0 fully saturated rings. The summed E-state index contributed by atoms with van der Waals surface area (Å²) in [6, 6.07) is 10.6. The van der Waals surface area contributed by atoms with Crippen molar-refractivity contribution in [2.75, 3.05) is 42.7 Å². The van der Waals surface area contributed by atoms with E-state index in [9.17, 15) is 24.9 Å². The number of phenolic OH excluding ortho intramolecular Hbond substituents is 3. The lowest BCUT2D eigenvalue weighted by atomic mass is 9.88. The van der Waals surface area contributed by atoms with Crippen molar-refractivity contribution in [3.8, 4) is 74.4 Å². The van der Waals surface area contributed by atoms with Gasteiger partial charge >= 0.3 is 0 Å². The molecule has 2 aliphatic heterocycles. The summed E-state index contributed by atoms with van der Waals surface area (Å²) in [5.74, 6) is -0.283. The van der Waals surface area contributed by atoms with Gasteiger partial charge in [0.15, 0.2) is 34.6 Å². The zero-order valence-electron chi connectivity index (χ0n) is 27.5. The Morgan fingerprint density at radius 3 is 1.71 bits per heavy atom. The van der Waals surface area contributed by atoms with E-state index in [1.807, 2.05) is 0 Å². The van der Waals surface area contributed by atoms with Gasteiger partial charge in [0.1, 0.15) is 57.8 Å². The number of phenols is 3. The van der Waals surface area contributed by atoms with Gasteiger partial charge in [0.2, 0.25) is 5.75 Å². The van der Waals surface area contributed by atoms with Gasteiger partial charge in [-0.2, -0.15) is 0 Å². The molecule has 49 heavy (non-hydrogen) atoms. The molecule has 0 saturated carbocycles. The molecular weight excluding hydrogens is 640 g/mol. The number of ether oxygens (including phenoxy) is 8. The monoisotopic (exact) mass is 674 g/mol. The average molecular weight is 675 g/mol. The SMILES string of the molecule is COc1cc(O)c2c(c1)O[C@@H](c1cc(OC)c(OC)c(-c3c(OC)cc(O)c4c3O[C@@H](c3cc(OC)c(O)c(OC)c3)CC4=O)c1)CC2=O. The van der Waals surface area contributed by atoms with E-state index in [0.29, 0.717) is 22.4 Å². The van der Waals surface area contributed by atoms with E-state index in [1.54, 1.807) is 12.1 Å². The third kappa shape index (κ3) is 5.56. The highest BCUT2D eigenvalue weighted by atomic mass is 16.5. The van der Waals surface area contributed by atoms with Crippen LogP contribution in [0.5, 0.6) is 63.2 Å². The van der Waals surface area contributed by atoms with Gasteiger partial charge in [-0.15, -0.1) is 0 Å². The highest BCUT2D eigenvalue weighted by Gasteiger charge is 2.38. The molecule has 0 aliphatic carbocycles.